The molecule has 0 amide bonds. The predicted octanol–water partition coefficient (Wildman–Crippen LogP) is 1.38. The van der Waals surface area contributed by atoms with Crippen molar-refractivity contribution in [1.82, 2.24) is 30.5 Å². The van der Waals surface area contributed by atoms with Crippen LogP contribution in [0.3, 0.4) is 0 Å². The predicted molar refractivity (Wildman–Crippen MR) is 68.5 cm³/mol. The van der Waals surface area contributed by atoms with Crippen LogP contribution < -0.4 is 5.32 Å². The molecule has 0 bridgehead atoms. The van der Waals surface area contributed by atoms with Gasteiger partial charge in [0.15, 0.2) is 11.5 Å². The van der Waals surface area contributed by atoms with Crippen molar-refractivity contribution in [2.45, 2.75) is 38.6 Å². The fourth-order valence-corrected chi connectivity index (χ4v) is 2.19. The van der Waals surface area contributed by atoms with Gasteiger partial charge in [-0.1, -0.05) is 24.2 Å². The average molecular weight is 262 g/mol. The molecule has 7 nitrogen and oxygen atoms in total. The highest BCUT2D eigenvalue weighted by molar-refractivity contribution is 5.43. The Morgan fingerprint density at radius 1 is 1.47 bits per heavy atom. The second kappa shape index (κ2) is 5.08. The maximum Gasteiger partial charge on any atom is 0.280 e. The molecule has 0 aliphatic carbocycles. The molecule has 1 atom stereocenters. The summed E-state index contributed by atoms with van der Waals surface area (Å²) in [7, 11) is 0. The SMILES string of the molecule is CC(C)c1noc(-c2cn([C@H]3CCCNC3)nn2)n1. The number of rotatable bonds is 3. The third-order valence-corrected chi connectivity index (χ3v) is 3.33. The zero-order valence-electron chi connectivity index (χ0n) is 11.2. The van der Waals surface area contributed by atoms with Crippen LogP contribution in [0.5, 0.6) is 0 Å². The van der Waals surface area contributed by atoms with Gasteiger partial charge in [0.1, 0.15) is 0 Å². The van der Waals surface area contributed by atoms with Crippen molar-refractivity contribution in [3.05, 3.63) is 12.0 Å². The standard InChI is InChI=1S/C12H18N6O/c1-8(2)11-14-12(19-16-11)10-7-18(17-15-10)9-4-3-5-13-6-9/h7-9,13H,3-6H2,1-2H3/t9-/m0/s1. The molecule has 7 heteroatoms. The van der Waals surface area contributed by atoms with Crippen molar-refractivity contribution in [1.29, 1.82) is 0 Å². The van der Waals surface area contributed by atoms with Gasteiger partial charge in [0.05, 0.1) is 12.2 Å². The molecule has 2 aromatic heterocycles. The normalized spacial score (nSPS) is 20.1. The summed E-state index contributed by atoms with van der Waals surface area (Å²) in [5, 5.41) is 15.6. The topological polar surface area (TPSA) is 81.7 Å². The first-order valence-corrected chi connectivity index (χ1v) is 6.70. The summed E-state index contributed by atoms with van der Waals surface area (Å²) in [5.74, 6) is 1.39. The molecule has 0 spiro atoms. The third kappa shape index (κ3) is 2.51. The largest absolute Gasteiger partial charge is 0.332 e. The number of aromatic nitrogens is 5. The van der Waals surface area contributed by atoms with E-state index < -0.39 is 0 Å². The molecule has 0 saturated carbocycles. The van der Waals surface area contributed by atoms with Crippen LogP contribution in [0.15, 0.2) is 10.7 Å². The second-order valence-corrected chi connectivity index (χ2v) is 5.20. The lowest BCUT2D eigenvalue weighted by atomic mass is 10.1. The summed E-state index contributed by atoms with van der Waals surface area (Å²) >= 11 is 0. The molecule has 19 heavy (non-hydrogen) atoms. The Balaban J connectivity index is 1.79. The summed E-state index contributed by atoms with van der Waals surface area (Å²) in [6.45, 7) is 6.07. The Labute approximate surface area is 111 Å². The molecule has 1 fully saturated rings. The van der Waals surface area contributed by atoms with Crippen LogP contribution in [0.2, 0.25) is 0 Å². The first-order chi connectivity index (χ1) is 9.24. The van der Waals surface area contributed by atoms with Crippen molar-refractivity contribution in [3.63, 3.8) is 0 Å². The van der Waals surface area contributed by atoms with Crippen LogP contribution in [0.4, 0.5) is 0 Å². The van der Waals surface area contributed by atoms with E-state index in [4.69, 9.17) is 4.52 Å². The molecular formula is C12H18N6O. The first-order valence-electron chi connectivity index (χ1n) is 6.70. The summed E-state index contributed by atoms with van der Waals surface area (Å²) in [6.07, 6.45) is 4.17. The van der Waals surface area contributed by atoms with E-state index in [0.29, 0.717) is 23.5 Å². The van der Waals surface area contributed by atoms with E-state index >= 15 is 0 Å². The maximum absolute atomic E-state index is 5.22. The van der Waals surface area contributed by atoms with Crippen molar-refractivity contribution in [3.8, 4) is 11.6 Å². The number of nitrogens with zero attached hydrogens (tertiary/aromatic N) is 5. The van der Waals surface area contributed by atoms with E-state index in [0.717, 1.165) is 25.9 Å². The highest BCUT2D eigenvalue weighted by atomic mass is 16.5. The van der Waals surface area contributed by atoms with Crippen molar-refractivity contribution in [2.75, 3.05) is 13.1 Å². The van der Waals surface area contributed by atoms with E-state index in [1.54, 1.807) is 0 Å². The summed E-state index contributed by atoms with van der Waals surface area (Å²) in [6, 6.07) is 0.363. The first kappa shape index (κ1) is 12.3. The monoisotopic (exact) mass is 262 g/mol. The number of nitrogens with one attached hydrogen (secondary N) is 1. The van der Waals surface area contributed by atoms with Gasteiger partial charge in [0, 0.05) is 12.5 Å². The molecular weight excluding hydrogens is 244 g/mol. The molecule has 2 aromatic rings. The summed E-state index contributed by atoms with van der Waals surface area (Å²) < 4.78 is 7.11. The fourth-order valence-electron chi connectivity index (χ4n) is 2.19. The Bertz CT molecular complexity index is 540. The van der Waals surface area contributed by atoms with Crippen LogP contribution in [0.1, 0.15) is 44.5 Å². The van der Waals surface area contributed by atoms with Gasteiger partial charge in [0.25, 0.3) is 5.89 Å². The maximum atomic E-state index is 5.22. The molecule has 1 aliphatic rings. The average Bonchev–Trinajstić information content (AvgIpc) is 3.09. The van der Waals surface area contributed by atoms with Gasteiger partial charge in [-0.3, -0.25) is 0 Å². The molecule has 0 radical (unpaired) electrons. The van der Waals surface area contributed by atoms with E-state index in [1.165, 1.54) is 0 Å². The minimum absolute atomic E-state index is 0.245. The number of hydrogen-bond acceptors (Lipinski definition) is 6. The lowest BCUT2D eigenvalue weighted by Crippen LogP contribution is -2.31. The lowest BCUT2D eigenvalue weighted by Gasteiger charge is -2.22. The summed E-state index contributed by atoms with van der Waals surface area (Å²) in [4.78, 5) is 4.33. The fraction of sp³-hybridized carbons (Fsp3) is 0.667. The van der Waals surface area contributed by atoms with E-state index in [2.05, 4.69) is 25.8 Å². The van der Waals surface area contributed by atoms with Gasteiger partial charge in [-0.15, -0.1) is 5.10 Å². The van der Waals surface area contributed by atoms with Gasteiger partial charge >= 0.3 is 0 Å². The van der Waals surface area contributed by atoms with Crippen LogP contribution in [0.25, 0.3) is 11.6 Å². The van der Waals surface area contributed by atoms with Crippen molar-refractivity contribution < 1.29 is 4.52 Å². The quantitative estimate of drug-likeness (QED) is 0.899. The van der Waals surface area contributed by atoms with Gasteiger partial charge in [-0.2, -0.15) is 4.98 Å². The van der Waals surface area contributed by atoms with Crippen LogP contribution in [-0.2, 0) is 0 Å². The van der Waals surface area contributed by atoms with Gasteiger partial charge in [-0.05, 0) is 19.4 Å². The summed E-state index contributed by atoms with van der Waals surface area (Å²) in [5.41, 5.74) is 0.643. The van der Waals surface area contributed by atoms with Crippen LogP contribution in [-0.4, -0.2) is 38.2 Å². The highest BCUT2D eigenvalue weighted by Gasteiger charge is 2.19. The van der Waals surface area contributed by atoms with Crippen molar-refractivity contribution in [2.24, 2.45) is 0 Å². The smallest absolute Gasteiger partial charge is 0.280 e. The minimum atomic E-state index is 0.245. The molecule has 102 valence electrons. The second-order valence-electron chi connectivity index (χ2n) is 5.20. The molecule has 0 aromatic carbocycles. The van der Waals surface area contributed by atoms with Gasteiger partial charge in [0.2, 0.25) is 0 Å². The lowest BCUT2D eigenvalue weighted by molar-refractivity contribution is 0.341. The molecule has 0 unspecified atom stereocenters. The minimum Gasteiger partial charge on any atom is -0.332 e. The Morgan fingerprint density at radius 2 is 2.37 bits per heavy atom. The van der Waals surface area contributed by atoms with Gasteiger partial charge in [-0.25, -0.2) is 4.68 Å². The molecule has 1 saturated heterocycles. The highest BCUT2D eigenvalue weighted by Crippen LogP contribution is 2.20. The Morgan fingerprint density at radius 3 is 3.05 bits per heavy atom. The zero-order chi connectivity index (χ0) is 13.2. The molecule has 1 N–H and O–H groups in total. The zero-order valence-corrected chi connectivity index (χ0v) is 11.2. The van der Waals surface area contributed by atoms with E-state index in [1.807, 2.05) is 24.7 Å². The molecule has 3 heterocycles. The van der Waals surface area contributed by atoms with Crippen molar-refractivity contribution >= 4 is 0 Å². The number of piperidine rings is 1. The van der Waals surface area contributed by atoms with Gasteiger partial charge < -0.3 is 9.84 Å². The number of hydrogen-bond donors (Lipinski definition) is 1. The Kier molecular flexibility index (Phi) is 3.29. The van der Waals surface area contributed by atoms with E-state index in [-0.39, 0.29) is 5.92 Å². The Hall–Kier alpha value is -1.76. The van der Waals surface area contributed by atoms with Crippen LogP contribution in [0, 0.1) is 0 Å². The molecule has 1 aliphatic heterocycles. The van der Waals surface area contributed by atoms with E-state index in [9.17, 15) is 0 Å². The third-order valence-electron chi connectivity index (χ3n) is 3.33. The molecule has 3 rings (SSSR count). The van der Waals surface area contributed by atoms with Crippen LogP contribution >= 0.6 is 0 Å².